The van der Waals surface area contributed by atoms with Gasteiger partial charge in [-0.1, -0.05) is 89.5 Å². The van der Waals surface area contributed by atoms with E-state index in [0.717, 1.165) is 19.1 Å². The maximum Gasteiger partial charge on any atom is 0.119 e. The molecule has 0 rings (SSSR count). The summed E-state index contributed by atoms with van der Waals surface area (Å²) in [6.45, 7) is 3.76. The third kappa shape index (κ3) is 19.4. The molecule has 0 bridgehead atoms. The van der Waals surface area contributed by atoms with Crippen molar-refractivity contribution in [1.82, 2.24) is 0 Å². The summed E-state index contributed by atoms with van der Waals surface area (Å²) in [4.78, 5) is 10.2. The van der Waals surface area contributed by atoms with Crippen molar-refractivity contribution in [3.8, 4) is 0 Å². The zero-order chi connectivity index (χ0) is 15.4. The number of aldehydes is 1. The van der Waals surface area contributed by atoms with Crippen LogP contribution in [0.25, 0.3) is 0 Å². The molecule has 0 amide bonds. The third-order valence-electron chi connectivity index (χ3n) is 4.23. The second kappa shape index (κ2) is 19.4. The maximum absolute atomic E-state index is 10.2. The fraction of sp³-hybridized carbons (Fsp3) is 0.850. The number of allylic oxidation sites excluding steroid dienone is 1. The van der Waals surface area contributed by atoms with Crippen molar-refractivity contribution >= 4 is 6.29 Å². The Morgan fingerprint density at radius 1 is 0.476 bits per heavy atom. The Morgan fingerprint density at radius 3 is 1.05 bits per heavy atom. The van der Waals surface area contributed by atoms with E-state index >= 15 is 0 Å². The topological polar surface area (TPSA) is 17.1 Å². The van der Waals surface area contributed by atoms with Crippen molar-refractivity contribution in [1.29, 1.82) is 0 Å². The van der Waals surface area contributed by atoms with Crippen molar-refractivity contribution in [2.75, 3.05) is 0 Å². The van der Waals surface area contributed by atoms with Gasteiger partial charge in [-0.2, -0.15) is 0 Å². The van der Waals surface area contributed by atoms with Gasteiger partial charge in [-0.3, -0.25) is 0 Å². The molecule has 0 spiro atoms. The first kappa shape index (κ1) is 20.4. The van der Waals surface area contributed by atoms with E-state index in [2.05, 4.69) is 6.58 Å². The molecule has 0 aromatic carbocycles. The smallest absolute Gasteiger partial charge is 0.119 e. The van der Waals surface area contributed by atoms with E-state index in [-0.39, 0.29) is 0 Å². The summed E-state index contributed by atoms with van der Waals surface area (Å²) in [5.41, 5.74) is 0. The van der Waals surface area contributed by atoms with Crippen LogP contribution >= 0.6 is 0 Å². The Morgan fingerprint density at radius 2 is 0.762 bits per heavy atom. The molecule has 1 nitrogen and oxygen atoms in total. The molecule has 0 saturated carbocycles. The van der Waals surface area contributed by atoms with Gasteiger partial charge in [-0.25, -0.2) is 0 Å². The third-order valence-corrected chi connectivity index (χ3v) is 4.23. The molecule has 21 heavy (non-hydrogen) atoms. The Bertz CT molecular complexity index is 188. The molecule has 0 unspecified atom stereocenters. The van der Waals surface area contributed by atoms with Gasteiger partial charge in [0.05, 0.1) is 0 Å². The van der Waals surface area contributed by atoms with E-state index in [9.17, 15) is 4.79 Å². The second-order valence-corrected chi connectivity index (χ2v) is 6.34. The van der Waals surface area contributed by atoms with Gasteiger partial charge in [0.25, 0.3) is 0 Å². The van der Waals surface area contributed by atoms with E-state index in [4.69, 9.17) is 0 Å². The van der Waals surface area contributed by atoms with Crippen LogP contribution in [0.3, 0.4) is 0 Å². The summed E-state index contributed by atoms with van der Waals surface area (Å²) in [6, 6.07) is 0. The number of carbonyl (C=O) groups is 1. The van der Waals surface area contributed by atoms with Crippen LogP contribution in [0.5, 0.6) is 0 Å². The van der Waals surface area contributed by atoms with E-state index in [1.54, 1.807) is 0 Å². The molecule has 0 atom stereocenters. The Kier molecular flexibility index (Phi) is 18.9. The molecule has 0 aromatic heterocycles. The Hall–Kier alpha value is -0.590. The van der Waals surface area contributed by atoms with Gasteiger partial charge in [0.15, 0.2) is 0 Å². The van der Waals surface area contributed by atoms with Gasteiger partial charge >= 0.3 is 0 Å². The van der Waals surface area contributed by atoms with Gasteiger partial charge in [0.2, 0.25) is 0 Å². The number of unbranched alkanes of at least 4 members (excludes halogenated alkanes) is 16. The fourth-order valence-electron chi connectivity index (χ4n) is 2.81. The molecule has 1 heteroatoms. The number of rotatable bonds is 18. The molecule has 0 aromatic rings. The minimum absolute atomic E-state index is 0.758. The highest BCUT2D eigenvalue weighted by Crippen LogP contribution is 2.13. The van der Waals surface area contributed by atoms with Crippen molar-refractivity contribution < 1.29 is 4.79 Å². The lowest BCUT2D eigenvalue weighted by Gasteiger charge is -2.03. The summed E-state index contributed by atoms with van der Waals surface area (Å²) in [5, 5.41) is 0. The van der Waals surface area contributed by atoms with E-state index < -0.39 is 0 Å². The molecule has 0 radical (unpaired) electrons. The second-order valence-electron chi connectivity index (χ2n) is 6.34. The van der Waals surface area contributed by atoms with Gasteiger partial charge in [-0.05, 0) is 19.3 Å². The zero-order valence-corrected chi connectivity index (χ0v) is 14.3. The molecule has 0 fully saturated rings. The average molecular weight is 295 g/mol. The van der Waals surface area contributed by atoms with Crippen LogP contribution in [-0.4, -0.2) is 6.29 Å². The lowest BCUT2D eigenvalue weighted by atomic mass is 10.0. The summed E-state index contributed by atoms with van der Waals surface area (Å²) in [6.07, 6.45) is 25.6. The lowest BCUT2D eigenvalue weighted by Crippen LogP contribution is -1.84. The molecule has 0 N–H and O–H groups in total. The highest BCUT2D eigenvalue weighted by atomic mass is 16.1. The molecule has 0 heterocycles. The van der Waals surface area contributed by atoms with E-state index in [0.29, 0.717) is 0 Å². The molecule has 0 saturated heterocycles. The number of hydrogen-bond donors (Lipinski definition) is 0. The Labute approximate surface area is 133 Å². The van der Waals surface area contributed by atoms with Crippen LogP contribution in [0, 0.1) is 0 Å². The largest absolute Gasteiger partial charge is 0.303 e. The zero-order valence-electron chi connectivity index (χ0n) is 14.3. The highest BCUT2D eigenvalue weighted by molar-refractivity contribution is 5.48. The SMILES string of the molecule is C=CCCCCCCCCCCCCCCCCCC=O. The van der Waals surface area contributed by atoms with Crippen molar-refractivity contribution in [2.24, 2.45) is 0 Å². The maximum atomic E-state index is 10.2. The Balaban J connectivity index is 2.93. The van der Waals surface area contributed by atoms with Crippen LogP contribution in [0.4, 0.5) is 0 Å². The van der Waals surface area contributed by atoms with Crippen LogP contribution in [0.1, 0.15) is 109 Å². The fourth-order valence-corrected chi connectivity index (χ4v) is 2.81. The first-order valence-electron chi connectivity index (χ1n) is 9.46. The van der Waals surface area contributed by atoms with Gasteiger partial charge in [-0.15, -0.1) is 6.58 Å². The summed E-state index contributed by atoms with van der Waals surface area (Å²) < 4.78 is 0. The van der Waals surface area contributed by atoms with Gasteiger partial charge in [0.1, 0.15) is 6.29 Å². The van der Waals surface area contributed by atoms with Crippen molar-refractivity contribution in [3.05, 3.63) is 12.7 Å². The lowest BCUT2D eigenvalue weighted by molar-refractivity contribution is -0.107. The minimum Gasteiger partial charge on any atom is -0.303 e. The highest BCUT2D eigenvalue weighted by Gasteiger charge is 1.94. The van der Waals surface area contributed by atoms with Crippen LogP contribution in [0.15, 0.2) is 12.7 Å². The summed E-state index contributed by atoms with van der Waals surface area (Å²) in [7, 11) is 0. The molecule has 124 valence electrons. The molecule has 0 aliphatic carbocycles. The number of hydrogen-bond acceptors (Lipinski definition) is 1. The molecule has 0 aliphatic rings. The minimum atomic E-state index is 0.758. The van der Waals surface area contributed by atoms with Crippen molar-refractivity contribution in [3.63, 3.8) is 0 Å². The van der Waals surface area contributed by atoms with Gasteiger partial charge in [0, 0.05) is 6.42 Å². The number of carbonyl (C=O) groups excluding carboxylic acids is 1. The standard InChI is InChI=1S/C20H38O/c1-2-3-4-5-6-7-8-9-10-11-12-13-14-15-16-17-18-19-20-21/h2,20H,1,3-19H2. The predicted molar refractivity (Wildman–Crippen MR) is 94.8 cm³/mol. The van der Waals surface area contributed by atoms with Crippen LogP contribution in [0.2, 0.25) is 0 Å². The quantitative estimate of drug-likeness (QED) is 0.151. The van der Waals surface area contributed by atoms with E-state index in [1.807, 2.05) is 6.08 Å². The first-order chi connectivity index (χ1) is 10.4. The predicted octanol–water partition coefficient (Wildman–Crippen LogP) is 7.00. The normalized spacial score (nSPS) is 10.7. The molecule has 0 aliphatic heterocycles. The molecular weight excluding hydrogens is 256 g/mol. The average Bonchev–Trinajstić information content (AvgIpc) is 2.50. The molecular formula is C20H38O. The van der Waals surface area contributed by atoms with Crippen LogP contribution in [-0.2, 0) is 4.79 Å². The van der Waals surface area contributed by atoms with Crippen molar-refractivity contribution in [2.45, 2.75) is 109 Å². The van der Waals surface area contributed by atoms with Crippen LogP contribution < -0.4 is 0 Å². The summed E-state index contributed by atoms with van der Waals surface area (Å²) >= 11 is 0. The van der Waals surface area contributed by atoms with E-state index in [1.165, 1.54) is 96.3 Å². The first-order valence-corrected chi connectivity index (χ1v) is 9.46. The monoisotopic (exact) mass is 294 g/mol. The summed E-state index contributed by atoms with van der Waals surface area (Å²) in [5.74, 6) is 0. The van der Waals surface area contributed by atoms with Gasteiger partial charge < -0.3 is 4.79 Å².